The maximum absolute atomic E-state index is 13.0. The standard InChI is InChI=1S/C20H40N8O5S2/c1-35-10-7-14(26-16(29)12(22)11-34)18(31)27-13(5-2-3-8-21)17(30)28-15(19(32)33)6-4-9-25-20(23)24/h12-15,34H,2-11,21-22H2,1H3,(H,26,29)(H,27,31)(H,28,30)(H,32,33)(H4,23,24,25). The van der Waals surface area contributed by atoms with Crippen molar-refractivity contribution in [2.45, 2.75) is 62.7 Å². The molecular formula is C20H40N8O5S2. The number of thioether (sulfide) groups is 1. The summed E-state index contributed by atoms with van der Waals surface area (Å²) in [5.74, 6) is -2.39. The first-order valence-corrected chi connectivity index (χ1v) is 13.3. The number of aliphatic imine (C=N–C) groups is 1. The zero-order valence-electron chi connectivity index (χ0n) is 20.1. The summed E-state index contributed by atoms with van der Waals surface area (Å²) in [7, 11) is 0. The van der Waals surface area contributed by atoms with Gasteiger partial charge in [0.15, 0.2) is 5.96 Å². The van der Waals surface area contributed by atoms with Crippen LogP contribution in [0.25, 0.3) is 0 Å². The lowest BCUT2D eigenvalue weighted by Crippen LogP contribution is -2.57. The lowest BCUT2D eigenvalue weighted by molar-refractivity contribution is -0.142. The van der Waals surface area contributed by atoms with E-state index >= 15 is 0 Å². The van der Waals surface area contributed by atoms with E-state index in [-0.39, 0.29) is 31.1 Å². The Morgan fingerprint density at radius 1 is 0.914 bits per heavy atom. The van der Waals surface area contributed by atoms with E-state index in [4.69, 9.17) is 22.9 Å². The number of nitrogens with zero attached hydrogens (tertiary/aromatic N) is 1. The first-order valence-electron chi connectivity index (χ1n) is 11.3. The van der Waals surface area contributed by atoms with Gasteiger partial charge >= 0.3 is 5.97 Å². The Morgan fingerprint density at radius 2 is 1.46 bits per heavy atom. The van der Waals surface area contributed by atoms with E-state index in [2.05, 4.69) is 33.6 Å². The van der Waals surface area contributed by atoms with Gasteiger partial charge in [0.1, 0.15) is 18.1 Å². The number of thiol groups is 1. The number of aliphatic carboxylic acids is 1. The molecule has 12 N–H and O–H groups in total. The third-order valence-corrected chi connectivity index (χ3v) is 5.95. The average molecular weight is 537 g/mol. The second kappa shape index (κ2) is 19.0. The minimum Gasteiger partial charge on any atom is -0.480 e. The molecule has 0 saturated carbocycles. The van der Waals surface area contributed by atoms with Crippen molar-refractivity contribution in [1.82, 2.24) is 16.0 Å². The Bertz CT molecular complexity index is 709. The van der Waals surface area contributed by atoms with E-state index in [1.165, 1.54) is 11.8 Å². The first-order chi connectivity index (χ1) is 16.6. The van der Waals surface area contributed by atoms with Gasteiger partial charge in [0.25, 0.3) is 0 Å². The molecule has 13 nitrogen and oxygen atoms in total. The number of carbonyl (C=O) groups is 4. The van der Waals surface area contributed by atoms with E-state index in [0.717, 1.165) is 0 Å². The Morgan fingerprint density at radius 3 is 1.97 bits per heavy atom. The molecule has 0 spiro atoms. The molecule has 0 aromatic carbocycles. The molecule has 202 valence electrons. The number of nitrogens with one attached hydrogen (secondary N) is 3. The Balaban J connectivity index is 5.40. The molecule has 4 unspecified atom stereocenters. The molecule has 0 aromatic heterocycles. The lowest BCUT2D eigenvalue weighted by Gasteiger charge is -2.25. The van der Waals surface area contributed by atoms with Crippen LogP contribution in [0.1, 0.15) is 38.5 Å². The van der Waals surface area contributed by atoms with Gasteiger partial charge in [-0.05, 0) is 57.1 Å². The molecule has 0 aliphatic carbocycles. The van der Waals surface area contributed by atoms with Gasteiger partial charge in [-0.2, -0.15) is 24.4 Å². The normalized spacial score (nSPS) is 14.2. The molecule has 4 atom stereocenters. The summed E-state index contributed by atoms with van der Waals surface area (Å²) in [5, 5.41) is 17.2. The monoisotopic (exact) mass is 536 g/mol. The van der Waals surface area contributed by atoms with Crippen LogP contribution in [0.4, 0.5) is 0 Å². The number of unbranched alkanes of at least 4 members (excludes halogenated alkanes) is 1. The quantitative estimate of drug-likeness (QED) is 0.0370. The highest BCUT2D eigenvalue weighted by Gasteiger charge is 2.29. The number of guanidine groups is 1. The van der Waals surface area contributed by atoms with Gasteiger partial charge in [-0.15, -0.1) is 0 Å². The summed E-state index contributed by atoms with van der Waals surface area (Å²) in [5.41, 5.74) is 21.7. The molecule has 0 aromatic rings. The molecule has 0 bridgehead atoms. The van der Waals surface area contributed by atoms with E-state index in [9.17, 15) is 24.3 Å². The van der Waals surface area contributed by atoms with Crippen LogP contribution in [0.2, 0.25) is 0 Å². The minimum atomic E-state index is -1.22. The lowest BCUT2D eigenvalue weighted by atomic mass is 10.1. The summed E-state index contributed by atoms with van der Waals surface area (Å²) >= 11 is 5.49. The molecule has 0 aliphatic heterocycles. The first kappa shape index (κ1) is 32.8. The fourth-order valence-corrected chi connectivity index (χ4v) is 3.57. The van der Waals surface area contributed by atoms with E-state index in [1.54, 1.807) is 0 Å². The molecule has 15 heteroatoms. The maximum Gasteiger partial charge on any atom is 0.326 e. The van der Waals surface area contributed by atoms with Crippen LogP contribution < -0.4 is 38.9 Å². The van der Waals surface area contributed by atoms with Crippen LogP contribution in [0.5, 0.6) is 0 Å². The van der Waals surface area contributed by atoms with Crippen LogP contribution in [0.15, 0.2) is 4.99 Å². The van der Waals surface area contributed by atoms with Crippen LogP contribution in [-0.4, -0.2) is 89.8 Å². The molecule has 0 saturated heterocycles. The smallest absolute Gasteiger partial charge is 0.326 e. The van der Waals surface area contributed by atoms with Gasteiger partial charge < -0.3 is 44.0 Å². The SMILES string of the molecule is CSCCC(NC(=O)C(N)CS)C(=O)NC(CCCCN)C(=O)NC(CCCN=C(N)N)C(=O)O. The number of hydrogen-bond acceptors (Lipinski definition) is 9. The molecular weight excluding hydrogens is 496 g/mol. The largest absolute Gasteiger partial charge is 0.480 e. The summed E-state index contributed by atoms with van der Waals surface area (Å²) in [6, 6.07) is -4.01. The number of hydrogen-bond donors (Lipinski definition) is 9. The second-order valence-corrected chi connectivity index (χ2v) is 9.18. The van der Waals surface area contributed by atoms with Crippen molar-refractivity contribution in [3.8, 4) is 0 Å². The van der Waals surface area contributed by atoms with E-state index in [1.807, 2.05) is 6.26 Å². The molecule has 0 radical (unpaired) electrons. The summed E-state index contributed by atoms with van der Waals surface area (Å²) in [6.45, 7) is 0.614. The highest BCUT2D eigenvalue weighted by atomic mass is 32.2. The van der Waals surface area contributed by atoms with Crippen molar-refractivity contribution >= 4 is 54.0 Å². The minimum absolute atomic E-state index is 0.0926. The van der Waals surface area contributed by atoms with Gasteiger partial charge in [-0.3, -0.25) is 19.4 Å². The van der Waals surface area contributed by atoms with Crippen LogP contribution in [-0.2, 0) is 19.2 Å². The molecule has 3 amide bonds. The number of carbonyl (C=O) groups excluding carboxylic acids is 3. The van der Waals surface area contributed by atoms with Gasteiger partial charge in [0, 0.05) is 12.3 Å². The molecule has 0 heterocycles. The van der Waals surface area contributed by atoms with Gasteiger partial charge in [-0.1, -0.05) is 0 Å². The van der Waals surface area contributed by atoms with Crippen LogP contribution >= 0.6 is 24.4 Å². The van der Waals surface area contributed by atoms with Crippen LogP contribution in [0.3, 0.4) is 0 Å². The fraction of sp³-hybridized carbons (Fsp3) is 0.750. The predicted octanol–water partition coefficient (Wildman–Crippen LogP) is -2.28. The topological polar surface area (TPSA) is 241 Å². The highest BCUT2D eigenvalue weighted by molar-refractivity contribution is 7.98. The highest BCUT2D eigenvalue weighted by Crippen LogP contribution is 2.07. The fourth-order valence-electron chi connectivity index (χ4n) is 2.93. The van der Waals surface area contributed by atoms with Crippen molar-refractivity contribution in [3.63, 3.8) is 0 Å². The summed E-state index contributed by atoms with van der Waals surface area (Å²) in [4.78, 5) is 53.6. The number of nitrogens with two attached hydrogens (primary N) is 4. The molecule has 35 heavy (non-hydrogen) atoms. The zero-order valence-corrected chi connectivity index (χ0v) is 21.8. The molecule has 0 rings (SSSR count). The third kappa shape index (κ3) is 14.7. The van der Waals surface area contributed by atoms with Crippen molar-refractivity contribution in [2.24, 2.45) is 27.9 Å². The summed E-state index contributed by atoms with van der Waals surface area (Å²) in [6.07, 6.45) is 3.99. The Kier molecular flexibility index (Phi) is 17.8. The predicted molar refractivity (Wildman–Crippen MR) is 141 cm³/mol. The van der Waals surface area contributed by atoms with Gasteiger partial charge in [-0.25, -0.2) is 4.79 Å². The van der Waals surface area contributed by atoms with Crippen molar-refractivity contribution in [3.05, 3.63) is 0 Å². The van der Waals surface area contributed by atoms with Crippen molar-refractivity contribution in [2.75, 3.05) is 30.9 Å². The number of amides is 3. The van der Waals surface area contributed by atoms with Crippen molar-refractivity contribution < 1.29 is 24.3 Å². The van der Waals surface area contributed by atoms with Crippen LogP contribution in [0, 0.1) is 0 Å². The third-order valence-electron chi connectivity index (χ3n) is 4.92. The number of rotatable bonds is 19. The van der Waals surface area contributed by atoms with Gasteiger partial charge in [0.05, 0.1) is 6.04 Å². The zero-order chi connectivity index (χ0) is 26.8. The molecule has 0 fully saturated rings. The maximum atomic E-state index is 13.0. The summed E-state index contributed by atoms with van der Waals surface area (Å²) < 4.78 is 0. The Labute approximate surface area is 215 Å². The number of carboxylic acids is 1. The average Bonchev–Trinajstić information content (AvgIpc) is 2.81. The van der Waals surface area contributed by atoms with Gasteiger partial charge in [0.2, 0.25) is 17.7 Å². The molecule has 0 aliphatic rings. The van der Waals surface area contributed by atoms with E-state index in [0.29, 0.717) is 38.0 Å². The number of carboxylic acid groups (broad SMARTS) is 1. The Hall–Kier alpha value is -2.23. The van der Waals surface area contributed by atoms with Crippen molar-refractivity contribution in [1.29, 1.82) is 0 Å². The van der Waals surface area contributed by atoms with E-state index < -0.39 is 47.9 Å². The second-order valence-electron chi connectivity index (χ2n) is 7.83.